The molecule has 0 aliphatic rings. The molecule has 1 aromatic rings. The number of nitrogens with two attached hydrogens (primary N) is 1. The molecule has 0 saturated heterocycles. The summed E-state index contributed by atoms with van der Waals surface area (Å²) in [6.07, 6.45) is -0.409. The van der Waals surface area contributed by atoms with E-state index in [1.54, 1.807) is 19.1 Å². The molecule has 0 unspecified atom stereocenters. The summed E-state index contributed by atoms with van der Waals surface area (Å²) < 4.78 is 26.2. The molecule has 1 aromatic carbocycles. The summed E-state index contributed by atoms with van der Waals surface area (Å²) in [4.78, 5) is 22.0. The van der Waals surface area contributed by atoms with Crippen LogP contribution in [0.4, 0.5) is 0 Å². The Morgan fingerprint density at radius 3 is 2.33 bits per heavy atom. The van der Waals surface area contributed by atoms with Crippen molar-refractivity contribution in [2.24, 2.45) is 5.84 Å². The summed E-state index contributed by atoms with van der Waals surface area (Å²) in [5.74, 6) is 2.94. The molecule has 0 fully saturated rings. The second kappa shape index (κ2) is 7.16. The van der Waals surface area contributed by atoms with Crippen molar-refractivity contribution in [3.8, 4) is 0 Å². The molecule has 0 aliphatic carbocycles. The number of aliphatic carboxylic acids is 1. The lowest BCUT2D eigenvalue weighted by Crippen LogP contribution is -2.42. The van der Waals surface area contributed by atoms with Crippen LogP contribution in [0, 0.1) is 6.92 Å². The summed E-state index contributed by atoms with van der Waals surface area (Å²) in [7, 11) is -3.97. The van der Waals surface area contributed by atoms with Crippen molar-refractivity contribution in [1.82, 2.24) is 10.1 Å². The van der Waals surface area contributed by atoms with Crippen molar-refractivity contribution in [1.29, 1.82) is 0 Å². The van der Waals surface area contributed by atoms with Crippen LogP contribution in [0.3, 0.4) is 0 Å². The highest BCUT2D eigenvalue weighted by atomic mass is 32.2. The molecule has 0 bridgehead atoms. The predicted molar refractivity (Wildman–Crippen MR) is 74.5 cm³/mol. The third kappa shape index (κ3) is 5.14. The van der Waals surface area contributed by atoms with Crippen LogP contribution in [0.15, 0.2) is 29.2 Å². The van der Waals surface area contributed by atoms with E-state index in [0.29, 0.717) is 0 Å². The first-order valence-corrected chi connectivity index (χ1v) is 7.56. The van der Waals surface area contributed by atoms with Gasteiger partial charge in [0, 0.05) is 6.42 Å². The summed E-state index contributed by atoms with van der Waals surface area (Å²) in [5, 5.41) is 9.02. The van der Waals surface area contributed by atoms with Crippen molar-refractivity contribution in [3.63, 3.8) is 0 Å². The third-order valence-electron chi connectivity index (χ3n) is 2.75. The largest absolute Gasteiger partial charge is 0.480 e. The van der Waals surface area contributed by atoms with Crippen molar-refractivity contribution in [2.75, 3.05) is 0 Å². The minimum absolute atomic E-state index is 0.0392. The molecule has 1 amide bonds. The zero-order valence-corrected chi connectivity index (χ0v) is 12.2. The number of aryl methyl sites for hydroxylation is 1. The van der Waals surface area contributed by atoms with E-state index in [-0.39, 0.29) is 17.7 Å². The van der Waals surface area contributed by atoms with Crippen LogP contribution in [-0.2, 0) is 19.6 Å². The first-order chi connectivity index (χ1) is 9.76. The highest BCUT2D eigenvalue weighted by Crippen LogP contribution is 2.12. The van der Waals surface area contributed by atoms with Crippen LogP contribution in [-0.4, -0.2) is 31.4 Å². The standard InChI is InChI=1S/C12H17N3O5S/c1-8-2-4-9(5-3-8)21(19,20)15-10(12(17)18)6-7-11(16)14-13/h2-5,10,15H,6-7,13H2,1H3,(H,14,16)(H,17,18)/t10-/m1/s1. The van der Waals surface area contributed by atoms with E-state index >= 15 is 0 Å². The molecule has 0 aliphatic heterocycles. The zero-order chi connectivity index (χ0) is 16.0. The quantitative estimate of drug-likeness (QED) is 0.304. The number of rotatable bonds is 7. The number of carboxylic acid groups (broad SMARTS) is 1. The Morgan fingerprint density at radius 2 is 1.86 bits per heavy atom. The summed E-state index contributed by atoms with van der Waals surface area (Å²) in [6, 6.07) is 4.55. The second-order valence-electron chi connectivity index (χ2n) is 4.43. The lowest BCUT2D eigenvalue weighted by Gasteiger charge is -2.14. The second-order valence-corrected chi connectivity index (χ2v) is 6.15. The highest BCUT2D eigenvalue weighted by Gasteiger charge is 2.25. The number of sulfonamides is 1. The van der Waals surface area contributed by atoms with Crippen LogP contribution in [0.5, 0.6) is 0 Å². The van der Waals surface area contributed by atoms with E-state index in [1.165, 1.54) is 12.1 Å². The smallest absolute Gasteiger partial charge is 0.321 e. The Morgan fingerprint density at radius 1 is 1.29 bits per heavy atom. The van der Waals surface area contributed by atoms with Gasteiger partial charge in [-0.25, -0.2) is 14.3 Å². The molecule has 21 heavy (non-hydrogen) atoms. The molecule has 0 heterocycles. The van der Waals surface area contributed by atoms with Gasteiger partial charge in [-0.1, -0.05) is 17.7 Å². The molecule has 1 rings (SSSR count). The molecule has 8 nitrogen and oxygen atoms in total. The predicted octanol–water partition coefficient (Wildman–Crippen LogP) is -0.503. The number of carboxylic acids is 1. The summed E-state index contributed by atoms with van der Waals surface area (Å²) in [6.45, 7) is 1.80. The Bertz CT molecular complexity index is 612. The topological polar surface area (TPSA) is 139 Å². The van der Waals surface area contributed by atoms with Gasteiger partial charge < -0.3 is 5.11 Å². The van der Waals surface area contributed by atoms with Gasteiger partial charge in [0.05, 0.1) is 4.90 Å². The summed E-state index contributed by atoms with van der Waals surface area (Å²) in [5.41, 5.74) is 2.73. The third-order valence-corrected chi connectivity index (χ3v) is 4.24. The summed E-state index contributed by atoms with van der Waals surface area (Å²) >= 11 is 0. The van der Waals surface area contributed by atoms with Crippen LogP contribution in [0.1, 0.15) is 18.4 Å². The molecule has 9 heteroatoms. The number of amides is 1. The van der Waals surface area contributed by atoms with E-state index < -0.39 is 27.9 Å². The fourth-order valence-electron chi connectivity index (χ4n) is 1.55. The zero-order valence-electron chi connectivity index (χ0n) is 11.4. The molecular weight excluding hydrogens is 298 g/mol. The van der Waals surface area contributed by atoms with Gasteiger partial charge in [-0.3, -0.25) is 15.0 Å². The average Bonchev–Trinajstić information content (AvgIpc) is 2.43. The van der Waals surface area contributed by atoms with E-state index in [1.807, 2.05) is 5.43 Å². The first kappa shape index (κ1) is 17.1. The van der Waals surface area contributed by atoms with Gasteiger partial charge in [-0.15, -0.1) is 0 Å². The number of carbonyl (C=O) groups is 2. The van der Waals surface area contributed by atoms with Crippen LogP contribution in [0.2, 0.25) is 0 Å². The van der Waals surface area contributed by atoms with Crippen molar-refractivity contribution < 1.29 is 23.1 Å². The number of hydrogen-bond donors (Lipinski definition) is 4. The van der Waals surface area contributed by atoms with E-state index in [2.05, 4.69) is 4.72 Å². The van der Waals surface area contributed by atoms with E-state index in [9.17, 15) is 18.0 Å². The Hall–Kier alpha value is -1.97. The number of hydrazine groups is 1. The lowest BCUT2D eigenvalue weighted by molar-refractivity contribution is -0.139. The SMILES string of the molecule is Cc1ccc(S(=O)(=O)N[C@H](CCC(=O)NN)C(=O)O)cc1. The van der Waals surface area contributed by atoms with Gasteiger partial charge in [0.15, 0.2) is 0 Å². The fourth-order valence-corrected chi connectivity index (χ4v) is 2.78. The molecule has 0 aromatic heterocycles. The van der Waals surface area contributed by atoms with Crippen LogP contribution >= 0.6 is 0 Å². The number of benzene rings is 1. The Balaban J connectivity index is 2.84. The van der Waals surface area contributed by atoms with Gasteiger partial charge in [0.25, 0.3) is 0 Å². The first-order valence-electron chi connectivity index (χ1n) is 6.07. The number of carbonyl (C=O) groups excluding carboxylic acids is 1. The van der Waals surface area contributed by atoms with Crippen molar-refractivity contribution in [3.05, 3.63) is 29.8 Å². The maximum absolute atomic E-state index is 12.1. The Labute approximate surface area is 122 Å². The van der Waals surface area contributed by atoms with Crippen molar-refractivity contribution >= 4 is 21.9 Å². The number of hydrogen-bond acceptors (Lipinski definition) is 5. The minimum atomic E-state index is -3.97. The lowest BCUT2D eigenvalue weighted by atomic mass is 10.2. The maximum atomic E-state index is 12.1. The highest BCUT2D eigenvalue weighted by molar-refractivity contribution is 7.89. The molecule has 0 spiro atoms. The van der Waals surface area contributed by atoms with Gasteiger partial charge in [0.1, 0.15) is 6.04 Å². The molecule has 0 radical (unpaired) electrons. The van der Waals surface area contributed by atoms with Gasteiger partial charge in [-0.2, -0.15) is 4.72 Å². The molecule has 5 N–H and O–H groups in total. The van der Waals surface area contributed by atoms with Crippen molar-refractivity contribution in [2.45, 2.75) is 30.7 Å². The minimum Gasteiger partial charge on any atom is -0.480 e. The molecular formula is C12H17N3O5S. The van der Waals surface area contributed by atoms with E-state index in [4.69, 9.17) is 10.9 Å². The molecule has 116 valence electrons. The maximum Gasteiger partial charge on any atom is 0.321 e. The molecule has 1 atom stereocenters. The monoisotopic (exact) mass is 315 g/mol. The van der Waals surface area contributed by atoms with Crippen LogP contribution < -0.4 is 16.0 Å². The van der Waals surface area contributed by atoms with E-state index in [0.717, 1.165) is 5.56 Å². The van der Waals surface area contributed by atoms with Gasteiger partial charge >= 0.3 is 5.97 Å². The normalized spacial score (nSPS) is 12.7. The fraction of sp³-hybridized carbons (Fsp3) is 0.333. The molecule has 0 saturated carbocycles. The van der Waals surface area contributed by atoms with Gasteiger partial charge in [-0.05, 0) is 25.5 Å². The average molecular weight is 315 g/mol. The Kier molecular flexibility index (Phi) is 5.82. The van der Waals surface area contributed by atoms with Crippen LogP contribution in [0.25, 0.3) is 0 Å². The van der Waals surface area contributed by atoms with Gasteiger partial charge in [0.2, 0.25) is 15.9 Å². The number of nitrogens with one attached hydrogen (secondary N) is 2.